The summed E-state index contributed by atoms with van der Waals surface area (Å²) in [5.41, 5.74) is 1.75. The van der Waals surface area contributed by atoms with Gasteiger partial charge in [0.05, 0.1) is 20.7 Å². The molecule has 4 rings (SSSR count). The van der Waals surface area contributed by atoms with E-state index in [1.54, 1.807) is 57.2 Å². The lowest BCUT2D eigenvalue weighted by molar-refractivity contribution is -0.384. The summed E-state index contributed by atoms with van der Waals surface area (Å²) < 4.78 is 7.48. The lowest BCUT2D eigenvalue weighted by Gasteiger charge is -2.46. The average Bonchev–Trinajstić information content (AvgIpc) is 3.24. The van der Waals surface area contributed by atoms with E-state index >= 15 is 0 Å². The van der Waals surface area contributed by atoms with E-state index in [1.807, 2.05) is 24.3 Å². The van der Waals surface area contributed by atoms with Crippen molar-refractivity contribution in [3.05, 3.63) is 81.9 Å². The normalized spacial score (nSPS) is 17.5. The van der Waals surface area contributed by atoms with Crippen molar-refractivity contribution in [1.29, 1.82) is 0 Å². The maximum absolute atomic E-state index is 13.4. The number of aromatic nitrogens is 1. The molecule has 11 heteroatoms. The van der Waals surface area contributed by atoms with Crippen molar-refractivity contribution < 1.29 is 19.2 Å². The second-order valence-electron chi connectivity index (χ2n) is 9.42. The van der Waals surface area contributed by atoms with Crippen LogP contribution < -0.4 is 0 Å². The minimum atomic E-state index is -0.950. The highest BCUT2D eigenvalue weighted by molar-refractivity contribution is 8.77. The standard InChI is InChI=1S/C26H25N3O5S3/c1-15(2)21(24(31)34-26(3,4)5)28-22(30)18(14-16-10-12-17(13-11-16)29(32)33)23(28)36-37-25-27-19-8-6-7-9-20(19)35-25/h6-14,21,23H,1H2,2-5H3/b18-14-/t21-,23-/m1/s1. The Morgan fingerprint density at radius 1 is 1.24 bits per heavy atom. The molecule has 0 saturated carbocycles. The number of carbonyl (C=O) groups excluding carboxylic acids is 2. The molecule has 2 heterocycles. The van der Waals surface area contributed by atoms with Gasteiger partial charge in [-0.25, -0.2) is 9.78 Å². The number of non-ortho nitro benzene ring substituents is 1. The van der Waals surface area contributed by atoms with Crippen molar-refractivity contribution in [2.75, 3.05) is 0 Å². The van der Waals surface area contributed by atoms with Gasteiger partial charge in [-0.2, -0.15) is 0 Å². The molecule has 0 aliphatic carbocycles. The zero-order valence-electron chi connectivity index (χ0n) is 20.7. The summed E-state index contributed by atoms with van der Waals surface area (Å²) in [7, 11) is 2.83. The summed E-state index contributed by atoms with van der Waals surface area (Å²) in [6, 6.07) is 12.8. The predicted octanol–water partition coefficient (Wildman–Crippen LogP) is 6.48. The molecule has 192 valence electrons. The van der Waals surface area contributed by atoms with E-state index in [4.69, 9.17) is 4.74 Å². The van der Waals surface area contributed by atoms with Crippen LogP contribution in [-0.4, -0.2) is 43.7 Å². The van der Waals surface area contributed by atoms with E-state index < -0.39 is 27.9 Å². The van der Waals surface area contributed by atoms with Crippen molar-refractivity contribution in [2.24, 2.45) is 0 Å². The molecule has 1 fully saturated rings. The first-order chi connectivity index (χ1) is 17.4. The van der Waals surface area contributed by atoms with E-state index in [1.165, 1.54) is 38.6 Å². The number of amides is 1. The van der Waals surface area contributed by atoms with Crippen molar-refractivity contribution in [1.82, 2.24) is 9.88 Å². The topological polar surface area (TPSA) is 103 Å². The van der Waals surface area contributed by atoms with Crippen LogP contribution in [0.5, 0.6) is 0 Å². The van der Waals surface area contributed by atoms with Crippen LogP contribution >= 0.6 is 32.9 Å². The van der Waals surface area contributed by atoms with Gasteiger partial charge in [0, 0.05) is 12.1 Å². The van der Waals surface area contributed by atoms with Crippen molar-refractivity contribution in [3.63, 3.8) is 0 Å². The first kappa shape index (κ1) is 26.9. The Balaban J connectivity index is 1.65. The van der Waals surface area contributed by atoms with Crippen molar-refractivity contribution in [3.8, 4) is 0 Å². The van der Waals surface area contributed by atoms with Crippen molar-refractivity contribution in [2.45, 2.75) is 49.1 Å². The van der Waals surface area contributed by atoms with Crippen LogP contribution in [0.25, 0.3) is 16.3 Å². The molecule has 0 unspecified atom stereocenters. The Kier molecular flexibility index (Phi) is 7.77. The number of rotatable bonds is 8. The van der Waals surface area contributed by atoms with E-state index in [0.29, 0.717) is 16.7 Å². The van der Waals surface area contributed by atoms with Gasteiger partial charge < -0.3 is 9.64 Å². The minimum Gasteiger partial charge on any atom is -0.458 e. The fourth-order valence-corrected chi connectivity index (χ4v) is 7.56. The maximum atomic E-state index is 13.4. The molecule has 1 amide bonds. The molecule has 1 aliphatic rings. The van der Waals surface area contributed by atoms with Gasteiger partial charge in [-0.05, 0) is 80.0 Å². The number of β-lactam (4-membered cyclic amide) rings is 1. The minimum absolute atomic E-state index is 0.0340. The second-order valence-corrected chi connectivity index (χ2v) is 13.0. The Bertz CT molecular complexity index is 1380. The van der Waals surface area contributed by atoms with E-state index in [-0.39, 0.29) is 11.6 Å². The van der Waals surface area contributed by atoms with Gasteiger partial charge >= 0.3 is 5.97 Å². The number of nitro groups is 1. The smallest absolute Gasteiger partial charge is 0.333 e. The average molecular weight is 556 g/mol. The first-order valence-electron chi connectivity index (χ1n) is 11.3. The fourth-order valence-electron chi connectivity index (χ4n) is 3.68. The third kappa shape index (κ3) is 6.06. The number of para-hydroxylation sites is 1. The molecule has 3 aromatic rings. The summed E-state index contributed by atoms with van der Waals surface area (Å²) in [6.45, 7) is 11.0. The molecule has 2 aromatic carbocycles. The Hall–Kier alpha value is -3.15. The predicted molar refractivity (Wildman–Crippen MR) is 149 cm³/mol. The number of hydrogen-bond donors (Lipinski definition) is 0. The third-order valence-corrected chi connectivity index (χ3v) is 9.24. The van der Waals surface area contributed by atoms with E-state index in [2.05, 4.69) is 11.6 Å². The zero-order chi connectivity index (χ0) is 26.9. The van der Waals surface area contributed by atoms with Crippen LogP contribution in [0.2, 0.25) is 0 Å². The van der Waals surface area contributed by atoms with Crippen LogP contribution in [-0.2, 0) is 14.3 Å². The number of thiazole rings is 1. The molecule has 0 spiro atoms. The molecular formula is C26H25N3O5S3. The number of benzene rings is 2. The number of carbonyl (C=O) groups is 2. The third-order valence-electron chi connectivity index (χ3n) is 5.29. The van der Waals surface area contributed by atoms with Crippen molar-refractivity contribution >= 4 is 66.8 Å². The highest BCUT2D eigenvalue weighted by Gasteiger charge is 2.50. The summed E-state index contributed by atoms with van der Waals surface area (Å²) in [6.07, 6.45) is 1.70. The highest BCUT2D eigenvalue weighted by atomic mass is 33.1. The monoisotopic (exact) mass is 555 g/mol. The first-order valence-corrected chi connectivity index (χ1v) is 14.3. The fraction of sp³-hybridized carbons (Fsp3) is 0.269. The SMILES string of the molecule is C=C(C)[C@H](C(=O)OC(C)(C)C)N1C(=O)/C(=C/c2ccc([N+](=O)[O-])cc2)[C@H]1SSc1nc2ccccc2s1. The number of nitrogens with zero attached hydrogens (tertiary/aromatic N) is 3. The Labute approximate surface area is 226 Å². The molecule has 0 bridgehead atoms. The van der Waals surface area contributed by atoms with Gasteiger partial charge in [0.1, 0.15) is 11.0 Å². The van der Waals surface area contributed by atoms with Gasteiger partial charge in [0.25, 0.3) is 11.6 Å². The lowest BCUT2D eigenvalue weighted by Crippen LogP contribution is -2.61. The quantitative estimate of drug-likeness (QED) is 0.0592. The number of fused-ring (bicyclic) bond motifs is 1. The summed E-state index contributed by atoms with van der Waals surface area (Å²) >= 11 is 1.55. The van der Waals surface area contributed by atoms with Crippen LogP contribution in [0, 0.1) is 10.1 Å². The van der Waals surface area contributed by atoms with Gasteiger partial charge in [-0.1, -0.05) is 29.5 Å². The second kappa shape index (κ2) is 10.7. The number of ether oxygens (including phenoxy) is 1. The largest absolute Gasteiger partial charge is 0.458 e. The number of esters is 1. The summed E-state index contributed by atoms with van der Waals surface area (Å²) in [4.78, 5) is 43.1. The summed E-state index contributed by atoms with van der Waals surface area (Å²) in [5.74, 6) is -0.863. The maximum Gasteiger partial charge on any atom is 0.333 e. The van der Waals surface area contributed by atoms with E-state index in [9.17, 15) is 19.7 Å². The van der Waals surface area contributed by atoms with Crippen LogP contribution in [0.3, 0.4) is 0 Å². The van der Waals surface area contributed by atoms with Crippen LogP contribution in [0.1, 0.15) is 33.3 Å². The number of likely N-dealkylation sites (tertiary alicyclic amines) is 1. The number of hydrogen-bond acceptors (Lipinski definition) is 9. The Morgan fingerprint density at radius 2 is 1.92 bits per heavy atom. The molecule has 1 aromatic heterocycles. The van der Waals surface area contributed by atoms with Crippen LogP contribution in [0.15, 0.2) is 70.6 Å². The van der Waals surface area contributed by atoms with Gasteiger partial charge in [0.15, 0.2) is 10.4 Å². The highest BCUT2D eigenvalue weighted by Crippen LogP contribution is 2.48. The van der Waals surface area contributed by atoms with E-state index in [0.717, 1.165) is 14.6 Å². The Morgan fingerprint density at radius 3 is 2.51 bits per heavy atom. The molecular weight excluding hydrogens is 531 g/mol. The zero-order valence-corrected chi connectivity index (χ0v) is 23.1. The molecule has 8 nitrogen and oxygen atoms in total. The number of nitro benzene ring substituents is 1. The van der Waals surface area contributed by atoms with Crippen LogP contribution in [0.4, 0.5) is 5.69 Å². The molecule has 0 N–H and O–H groups in total. The molecule has 1 saturated heterocycles. The molecule has 37 heavy (non-hydrogen) atoms. The van der Waals surface area contributed by atoms with Gasteiger partial charge in [-0.15, -0.1) is 11.3 Å². The summed E-state index contributed by atoms with van der Waals surface area (Å²) in [5, 5.41) is 10.5. The molecule has 2 atom stereocenters. The lowest BCUT2D eigenvalue weighted by atomic mass is 9.96. The van der Waals surface area contributed by atoms with Gasteiger partial charge in [-0.3, -0.25) is 14.9 Å². The molecule has 0 radical (unpaired) electrons. The molecule has 1 aliphatic heterocycles. The van der Waals surface area contributed by atoms with Gasteiger partial charge in [0.2, 0.25) is 0 Å².